The van der Waals surface area contributed by atoms with E-state index in [0.717, 1.165) is 11.1 Å². The van der Waals surface area contributed by atoms with E-state index in [1.807, 2.05) is 24.3 Å². The first-order valence-corrected chi connectivity index (χ1v) is 10.6. The summed E-state index contributed by atoms with van der Waals surface area (Å²) < 4.78 is 10.7. The van der Waals surface area contributed by atoms with Crippen LogP contribution in [0, 0.1) is 0 Å². The molecule has 0 aliphatic heterocycles. The SMILES string of the molecule is O=C(COC(=O)/C=C/c1ccc(OCc2ccc(Cl)cc2)cc1)Nc1cc(Cl)ccc1Cl. The summed E-state index contributed by atoms with van der Waals surface area (Å²) in [6, 6.07) is 19.3. The van der Waals surface area contributed by atoms with E-state index in [2.05, 4.69) is 5.32 Å². The summed E-state index contributed by atoms with van der Waals surface area (Å²) in [7, 11) is 0. The van der Waals surface area contributed by atoms with Gasteiger partial charge in [-0.25, -0.2) is 4.79 Å². The minimum atomic E-state index is -0.652. The summed E-state index contributed by atoms with van der Waals surface area (Å²) >= 11 is 17.7. The zero-order valence-electron chi connectivity index (χ0n) is 16.7. The molecule has 0 saturated carbocycles. The summed E-state index contributed by atoms with van der Waals surface area (Å²) in [5.74, 6) is -0.491. The van der Waals surface area contributed by atoms with Gasteiger partial charge in [0.2, 0.25) is 0 Å². The first-order chi connectivity index (χ1) is 15.4. The normalized spacial score (nSPS) is 10.7. The number of benzene rings is 3. The monoisotopic (exact) mass is 489 g/mol. The van der Waals surface area contributed by atoms with Gasteiger partial charge in [-0.2, -0.15) is 0 Å². The van der Waals surface area contributed by atoms with E-state index >= 15 is 0 Å². The Hall–Kier alpha value is -2.99. The average Bonchev–Trinajstić information content (AvgIpc) is 2.79. The summed E-state index contributed by atoms with van der Waals surface area (Å²) in [6.45, 7) is -0.0371. The lowest BCUT2D eigenvalue weighted by Gasteiger charge is -2.07. The first-order valence-electron chi connectivity index (χ1n) is 9.46. The molecule has 0 atom stereocenters. The van der Waals surface area contributed by atoms with Gasteiger partial charge in [0.05, 0.1) is 10.7 Å². The smallest absolute Gasteiger partial charge is 0.331 e. The molecule has 0 aromatic heterocycles. The summed E-state index contributed by atoms with van der Waals surface area (Å²) in [4.78, 5) is 23.8. The molecule has 5 nitrogen and oxygen atoms in total. The van der Waals surface area contributed by atoms with Crippen LogP contribution < -0.4 is 10.1 Å². The third-order valence-corrected chi connectivity index (χ3v) is 4.98. The van der Waals surface area contributed by atoms with Gasteiger partial charge >= 0.3 is 5.97 Å². The molecule has 0 spiro atoms. The van der Waals surface area contributed by atoms with Crippen LogP contribution in [0.4, 0.5) is 5.69 Å². The molecule has 3 aromatic carbocycles. The molecule has 0 saturated heterocycles. The molecule has 0 aliphatic rings. The van der Waals surface area contributed by atoms with Crippen molar-refractivity contribution in [2.45, 2.75) is 6.61 Å². The molecule has 8 heteroatoms. The Morgan fingerprint density at radius 2 is 1.56 bits per heavy atom. The highest BCUT2D eigenvalue weighted by Gasteiger charge is 2.09. The molecule has 0 fully saturated rings. The molecular formula is C24H18Cl3NO4. The number of carbonyl (C=O) groups excluding carboxylic acids is 2. The van der Waals surface area contributed by atoms with E-state index in [9.17, 15) is 9.59 Å². The Kier molecular flexibility index (Phi) is 8.56. The number of hydrogen-bond donors (Lipinski definition) is 1. The molecule has 164 valence electrons. The van der Waals surface area contributed by atoms with Crippen molar-refractivity contribution >= 4 is 58.4 Å². The number of nitrogens with one attached hydrogen (secondary N) is 1. The molecule has 0 heterocycles. The van der Waals surface area contributed by atoms with E-state index in [-0.39, 0.29) is 0 Å². The highest BCUT2D eigenvalue weighted by molar-refractivity contribution is 6.35. The number of anilines is 1. The van der Waals surface area contributed by atoms with Crippen molar-refractivity contribution in [3.05, 3.63) is 99.0 Å². The van der Waals surface area contributed by atoms with Crippen molar-refractivity contribution in [2.75, 3.05) is 11.9 Å². The van der Waals surface area contributed by atoms with Crippen LogP contribution >= 0.6 is 34.8 Å². The number of rotatable bonds is 8. The maximum absolute atomic E-state index is 11.9. The Balaban J connectivity index is 1.44. The number of hydrogen-bond acceptors (Lipinski definition) is 4. The fraction of sp³-hybridized carbons (Fsp3) is 0.0833. The first kappa shape index (κ1) is 23.7. The van der Waals surface area contributed by atoms with Gasteiger partial charge in [0.1, 0.15) is 12.4 Å². The van der Waals surface area contributed by atoms with E-state index in [4.69, 9.17) is 44.3 Å². The van der Waals surface area contributed by atoms with Crippen LogP contribution in [0.1, 0.15) is 11.1 Å². The Morgan fingerprint density at radius 3 is 2.28 bits per heavy atom. The van der Waals surface area contributed by atoms with Gasteiger partial charge in [0, 0.05) is 16.1 Å². The Morgan fingerprint density at radius 1 is 0.875 bits per heavy atom. The van der Waals surface area contributed by atoms with Gasteiger partial charge in [-0.1, -0.05) is 59.1 Å². The van der Waals surface area contributed by atoms with Gasteiger partial charge in [-0.15, -0.1) is 0 Å². The number of esters is 1. The highest BCUT2D eigenvalue weighted by atomic mass is 35.5. The van der Waals surface area contributed by atoms with E-state index in [1.54, 1.807) is 42.5 Å². The lowest BCUT2D eigenvalue weighted by Crippen LogP contribution is -2.20. The van der Waals surface area contributed by atoms with Crippen molar-refractivity contribution in [1.82, 2.24) is 0 Å². The molecule has 0 bridgehead atoms. The van der Waals surface area contributed by atoms with Crippen molar-refractivity contribution in [2.24, 2.45) is 0 Å². The number of ether oxygens (including phenoxy) is 2. The van der Waals surface area contributed by atoms with Gasteiger partial charge in [0.25, 0.3) is 5.91 Å². The zero-order valence-corrected chi connectivity index (χ0v) is 19.0. The fourth-order valence-electron chi connectivity index (χ4n) is 2.55. The zero-order chi connectivity index (χ0) is 22.9. The minimum Gasteiger partial charge on any atom is -0.489 e. The maximum atomic E-state index is 11.9. The lowest BCUT2D eigenvalue weighted by atomic mass is 10.2. The number of amides is 1. The van der Waals surface area contributed by atoms with Crippen LogP contribution in [0.2, 0.25) is 15.1 Å². The van der Waals surface area contributed by atoms with Crippen molar-refractivity contribution in [1.29, 1.82) is 0 Å². The van der Waals surface area contributed by atoms with Crippen molar-refractivity contribution in [3.63, 3.8) is 0 Å². The van der Waals surface area contributed by atoms with Crippen LogP contribution in [-0.4, -0.2) is 18.5 Å². The van der Waals surface area contributed by atoms with Crippen molar-refractivity contribution in [3.8, 4) is 5.75 Å². The van der Waals surface area contributed by atoms with E-state index in [1.165, 1.54) is 12.1 Å². The Labute approximate surface area is 200 Å². The number of carbonyl (C=O) groups is 2. The second-order valence-electron chi connectivity index (χ2n) is 6.60. The molecule has 0 aliphatic carbocycles. The second kappa shape index (κ2) is 11.6. The maximum Gasteiger partial charge on any atom is 0.331 e. The van der Waals surface area contributed by atoms with E-state index < -0.39 is 18.5 Å². The third-order valence-electron chi connectivity index (χ3n) is 4.16. The standard InChI is InChI=1S/C24H18Cl3NO4/c25-18-6-1-17(2-7-18)14-31-20-9-3-16(4-10-20)5-12-24(30)32-15-23(29)28-22-13-19(26)8-11-21(22)27/h1-13H,14-15H2,(H,28,29)/b12-5+. The lowest BCUT2D eigenvalue weighted by molar-refractivity contribution is -0.142. The quantitative estimate of drug-likeness (QED) is 0.292. The average molecular weight is 491 g/mol. The van der Waals surface area contributed by atoms with Crippen LogP contribution in [0.5, 0.6) is 5.75 Å². The molecule has 0 unspecified atom stereocenters. The van der Waals surface area contributed by atoms with Gasteiger partial charge in [0.15, 0.2) is 6.61 Å². The van der Waals surface area contributed by atoms with Gasteiger partial charge in [-0.3, -0.25) is 4.79 Å². The minimum absolute atomic E-state index is 0.328. The van der Waals surface area contributed by atoms with Gasteiger partial charge in [-0.05, 0) is 59.7 Å². The molecular weight excluding hydrogens is 473 g/mol. The molecule has 3 aromatic rings. The largest absolute Gasteiger partial charge is 0.489 e. The second-order valence-corrected chi connectivity index (χ2v) is 7.88. The summed E-state index contributed by atoms with van der Waals surface area (Å²) in [6.07, 6.45) is 2.82. The van der Waals surface area contributed by atoms with E-state index in [0.29, 0.717) is 33.1 Å². The topological polar surface area (TPSA) is 64.6 Å². The summed E-state index contributed by atoms with van der Waals surface area (Å²) in [5, 5.41) is 3.96. The highest BCUT2D eigenvalue weighted by Crippen LogP contribution is 2.25. The number of halogens is 3. The predicted molar refractivity (Wildman–Crippen MR) is 127 cm³/mol. The Bertz CT molecular complexity index is 1110. The molecule has 3 rings (SSSR count). The third kappa shape index (κ3) is 7.61. The molecule has 0 radical (unpaired) electrons. The van der Waals surface area contributed by atoms with Gasteiger partial charge < -0.3 is 14.8 Å². The van der Waals surface area contributed by atoms with Crippen LogP contribution in [0.25, 0.3) is 6.08 Å². The van der Waals surface area contributed by atoms with Crippen LogP contribution in [-0.2, 0) is 20.9 Å². The molecule has 32 heavy (non-hydrogen) atoms. The molecule has 1 amide bonds. The van der Waals surface area contributed by atoms with Crippen LogP contribution in [0.15, 0.2) is 72.8 Å². The predicted octanol–water partition coefficient (Wildman–Crippen LogP) is 6.42. The van der Waals surface area contributed by atoms with Crippen molar-refractivity contribution < 1.29 is 19.1 Å². The summed E-state index contributed by atoms with van der Waals surface area (Å²) in [5.41, 5.74) is 2.12. The molecule has 1 N–H and O–H groups in total. The fourth-order valence-corrected chi connectivity index (χ4v) is 3.01. The van der Waals surface area contributed by atoms with Crippen LogP contribution in [0.3, 0.4) is 0 Å².